The Hall–Kier alpha value is -1.36. The maximum atomic E-state index is 12.7. The van der Waals surface area contributed by atoms with Gasteiger partial charge in [0.2, 0.25) is 0 Å². The van der Waals surface area contributed by atoms with Crippen LogP contribution in [0.1, 0.15) is 44.6 Å². The SMILES string of the molecule is Cc1cnn(C[C@@H]2CCCCN2C(=O)[C@H](C)OCC2CC2)c1. The summed E-state index contributed by atoms with van der Waals surface area (Å²) in [5, 5.41) is 4.36. The summed E-state index contributed by atoms with van der Waals surface area (Å²) in [6.07, 6.45) is 9.45. The number of ether oxygens (including phenoxy) is 1. The Kier molecular flexibility index (Phi) is 4.81. The third-order valence-electron chi connectivity index (χ3n) is 4.70. The first-order valence-corrected chi connectivity index (χ1v) is 8.54. The van der Waals surface area contributed by atoms with Gasteiger partial charge in [-0.05, 0) is 57.4 Å². The average molecular weight is 305 g/mol. The predicted molar refractivity (Wildman–Crippen MR) is 84.5 cm³/mol. The maximum absolute atomic E-state index is 12.7. The first kappa shape index (κ1) is 15.5. The van der Waals surface area contributed by atoms with Gasteiger partial charge in [0, 0.05) is 12.7 Å². The van der Waals surface area contributed by atoms with Crippen molar-refractivity contribution < 1.29 is 9.53 Å². The Balaban J connectivity index is 1.59. The van der Waals surface area contributed by atoms with E-state index in [1.165, 1.54) is 19.3 Å². The molecule has 1 amide bonds. The van der Waals surface area contributed by atoms with Gasteiger partial charge in [-0.15, -0.1) is 0 Å². The van der Waals surface area contributed by atoms with Crippen LogP contribution < -0.4 is 0 Å². The third kappa shape index (κ3) is 3.88. The number of hydrogen-bond acceptors (Lipinski definition) is 3. The van der Waals surface area contributed by atoms with E-state index in [-0.39, 0.29) is 18.1 Å². The minimum absolute atomic E-state index is 0.147. The molecule has 0 bridgehead atoms. The molecule has 22 heavy (non-hydrogen) atoms. The second-order valence-corrected chi connectivity index (χ2v) is 6.84. The Bertz CT molecular complexity index is 510. The molecule has 0 spiro atoms. The van der Waals surface area contributed by atoms with Crippen molar-refractivity contribution in [3.05, 3.63) is 18.0 Å². The number of likely N-dealkylation sites (tertiary alicyclic amines) is 1. The number of hydrogen-bond donors (Lipinski definition) is 0. The number of carbonyl (C=O) groups is 1. The predicted octanol–water partition coefficient (Wildman–Crippen LogP) is 2.39. The van der Waals surface area contributed by atoms with Gasteiger partial charge >= 0.3 is 0 Å². The molecule has 2 atom stereocenters. The Labute approximate surface area is 132 Å². The first-order valence-electron chi connectivity index (χ1n) is 8.54. The van der Waals surface area contributed by atoms with E-state index >= 15 is 0 Å². The van der Waals surface area contributed by atoms with Gasteiger partial charge < -0.3 is 9.64 Å². The van der Waals surface area contributed by atoms with Crippen LogP contribution in [0.3, 0.4) is 0 Å². The van der Waals surface area contributed by atoms with Crippen LogP contribution in [-0.4, -0.2) is 45.9 Å². The molecule has 2 aliphatic rings. The fourth-order valence-corrected chi connectivity index (χ4v) is 3.13. The van der Waals surface area contributed by atoms with Crippen molar-refractivity contribution in [1.82, 2.24) is 14.7 Å². The molecule has 0 unspecified atom stereocenters. The molecule has 0 aromatic carbocycles. The lowest BCUT2D eigenvalue weighted by Gasteiger charge is -2.37. The van der Waals surface area contributed by atoms with E-state index in [1.807, 2.05) is 35.8 Å². The molecule has 122 valence electrons. The number of aryl methyl sites for hydroxylation is 1. The fourth-order valence-electron chi connectivity index (χ4n) is 3.13. The molecular weight excluding hydrogens is 278 g/mol. The summed E-state index contributed by atoms with van der Waals surface area (Å²) in [4.78, 5) is 14.7. The van der Waals surface area contributed by atoms with Crippen LogP contribution in [0.2, 0.25) is 0 Å². The van der Waals surface area contributed by atoms with E-state index in [4.69, 9.17) is 4.74 Å². The number of nitrogens with zero attached hydrogens (tertiary/aromatic N) is 3. The second-order valence-electron chi connectivity index (χ2n) is 6.84. The Morgan fingerprint density at radius 2 is 2.23 bits per heavy atom. The fraction of sp³-hybridized carbons (Fsp3) is 0.765. The van der Waals surface area contributed by atoms with Crippen molar-refractivity contribution >= 4 is 5.91 Å². The van der Waals surface area contributed by atoms with E-state index in [9.17, 15) is 4.79 Å². The number of amides is 1. The molecule has 1 saturated heterocycles. The number of aromatic nitrogens is 2. The zero-order valence-corrected chi connectivity index (χ0v) is 13.7. The quantitative estimate of drug-likeness (QED) is 0.811. The second kappa shape index (κ2) is 6.82. The normalized spacial score (nSPS) is 23.5. The molecule has 1 aliphatic heterocycles. The topological polar surface area (TPSA) is 47.4 Å². The van der Waals surface area contributed by atoms with Gasteiger partial charge in [0.25, 0.3) is 5.91 Å². The van der Waals surface area contributed by atoms with Gasteiger partial charge in [-0.1, -0.05) is 0 Å². The van der Waals surface area contributed by atoms with Crippen LogP contribution in [-0.2, 0) is 16.1 Å². The molecule has 0 N–H and O–H groups in total. The lowest BCUT2D eigenvalue weighted by atomic mass is 10.0. The summed E-state index contributed by atoms with van der Waals surface area (Å²) < 4.78 is 7.73. The third-order valence-corrected chi connectivity index (χ3v) is 4.70. The zero-order chi connectivity index (χ0) is 15.5. The van der Waals surface area contributed by atoms with Crippen LogP contribution >= 0.6 is 0 Å². The van der Waals surface area contributed by atoms with Crippen molar-refractivity contribution in [1.29, 1.82) is 0 Å². The summed E-state index contributed by atoms with van der Waals surface area (Å²) in [6.45, 7) is 6.31. The molecule has 5 nitrogen and oxygen atoms in total. The van der Waals surface area contributed by atoms with Crippen molar-refractivity contribution in [3.63, 3.8) is 0 Å². The highest BCUT2D eigenvalue weighted by Gasteiger charge is 2.31. The lowest BCUT2D eigenvalue weighted by molar-refractivity contribution is -0.147. The van der Waals surface area contributed by atoms with Crippen LogP contribution in [0.15, 0.2) is 12.4 Å². The molecule has 1 aliphatic carbocycles. The zero-order valence-electron chi connectivity index (χ0n) is 13.7. The van der Waals surface area contributed by atoms with E-state index < -0.39 is 0 Å². The highest BCUT2D eigenvalue weighted by Crippen LogP contribution is 2.29. The van der Waals surface area contributed by atoms with Gasteiger partial charge in [-0.2, -0.15) is 5.10 Å². The molecule has 1 aromatic heterocycles. The molecule has 2 fully saturated rings. The Morgan fingerprint density at radius 1 is 1.41 bits per heavy atom. The minimum Gasteiger partial charge on any atom is -0.368 e. The monoisotopic (exact) mass is 305 g/mol. The van der Waals surface area contributed by atoms with E-state index in [0.29, 0.717) is 5.92 Å². The Morgan fingerprint density at radius 3 is 2.91 bits per heavy atom. The maximum Gasteiger partial charge on any atom is 0.251 e. The average Bonchev–Trinajstić information content (AvgIpc) is 3.27. The molecule has 3 rings (SSSR count). The van der Waals surface area contributed by atoms with Gasteiger partial charge in [-0.3, -0.25) is 9.48 Å². The number of carbonyl (C=O) groups excluding carboxylic acids is 1. The highest BCUT2D eigenvalue weighted by atomic mass is 16.5. The molecule has 5 heteroatoms. The highest BCUT2D eigenvalue weighted by molar-refractivity contribution is 5.81. The largest absolute Gasteiger partial charge is 0.368 e. The molecule has 0 radical (unpaired) electrons. The summed E-state index contributed by atoms with van der Waals surface area (Å²) in [7, 11) is 0. The van der Waals surface area contributed by atoms with Crippen LogP contribution in [0, 0.1) is 12.8 Å². The van der Waals surface area contributed by atoms with Gasteiger partial charge in [0.1, 0.15) is 6.10 Å². The van der Waals surface area contributed by atoms with Crippen molar-refractivity contribution in [2.45, 2.75) is 64.6 Å². The van der Waals surface area contributed by atoms with E-state index in [0.717, 1.165) is 38.1 Å². The van der Waals surface area contributed by atoms with Crippen molar-refractivity contribution in [2.75, 3.05) is 13.2 Å². The summed E-state index contributed by atoms with van der Waals surface area (Å²) >= 11 is 0. The minimum atomic E-state index is -0.319. The summed E-state index contributed by atoms with van der Waals surface area (Å²) in [5.74, 6) is 0.841. The first-order chi connectivity index (χ1) is 10.6. The van der Waals surface area contributed by atoms with Gasteiger partial charge in [-0.25, -0.2) is 0 Å². The smallest absolute Gasteiger partial charge is 0.251 e. The van der Waals surface area contributed by atoms with Crippen LogP contribution in [0.25, 0.3) is 0 Å². The van der Waals surface area contributed by atoms with Gasteiger partial charge in [0.05, 0.1) is 25.4 Å². The summed E-state index contributed by atoms with van der Waals surface area (Å²) in [5.41, 5.74) is 1.16. The molecule has 1 saturated carbocycles. The van der Waals surface area contributed by atoms with E-state index in [1.54, 1.807) is 0 Å². The van der Waals surface area contributed by atoms with Gasteiger partial charge in [0.15, 0.2) is 0 Å². The van der Waals surface area contributed by atoms with Crippen LogP contribution in [0.4, 0.5) is 0 Å². The number of rotatable bonds is 6. The molecule has 2 heterocycles. The summed E-state index contributed by atoms with van der Waals surface area (Å²) in [6, 6.07) is 0.243. The van der Waals surface area contributed by atoms with Crippen molar-refractivity contribution in [2.24, 2.45) is 5.92 Å². The molecular formula is C17H27N3O2. The lowest BCUT2D eigenvalue weighted by Crippen LogP contribution is -2.49. The number of piperidine rings is 1. The van der Waals surface area contributed by atoms with E-state index in [2.05, 4.69) is 5.10 Å². The standard InChI is InChI=1S/C17H27N3O2/c1-13-9-18-19(10-13)11-16-5-3-4-8-20(16)17(21)14(2)22-12-15-6-7-15/h9-10,14-16H,3-8,11-12H2,1-2H3/t14-,16-/m0/s1. The molecule has 1 aromatic rings. The van der Waals surface area contributed by atoms with Crippen molar-refractivity contribution in [3.8, 4) is 0 Å². The van der Waals surface area contributed by atoms with Crippen LogP contribution in [0.5, 0.6) is 0 Å².